The predicted octanol–water partition coefficient (Wildman–Crippen LogP) is 6.88. The van der Waals surface area contributed by atoms with E-state index in [4.69, 9.17) is 27.9 Å². The minimum atomic E-state index is -0.192. The zero-order valence-electron chi connectivity index (χ0n) is 21.1. The van der Waals surface area contributed by atoms with Crippen LogP contribution in [0.3, 0.4) is 0 Å². The molecular weight excluding hydrogens is 507 g/mol. The van der Waals surface area contributed by atoms with Crippen molar-refractivity contribution in [2.24, 2.45) is 0 Å². The molecule has 1 aliphatic rings. The van der Waals surface area contributed by atoms with Crippen LogP contribution >= 0.6 is 23.2 Å². The minimum Gasteiger partial charge on any atom is -0.379 e. The number of rotatable bonds is 8. The molecule has 0 radical (unpaired) electrons. The van der Waals surface area contributed by atoms with Crippen LogP contribution in [0, 0.1) is 0 Å². The Labute approximate surface area is 227 Å². The molecular formula is C29H32Cl2N4O2. The summed E-state index contributed by atoms with van der Waals surface area (Å²) < 4.78 is 7.80. The Morgan fingerprint density at radius 1 is 1.00 bits per heavy atom. The van der Waals surface area contributed by atoms with Crippen molar-refractivity contribution in [1.29, 1.82) is 0 Å². The van der Waals surface area contributed by atoms with Gasteiger partial charge < -0.3 is 19.5 Å². The van der Waals surface area contributed by atoms with E-state index in [1.165, 1.54) is 21.8 Å². The van der Waals surface area contributed by atoms with Gasteiger partial charge in [-0.15, -0.1) is 0 Å². The van der Waals surface area contributed by atoms with Gasteiger partial charge in [-0.3, -0.25) is 4.90 Å². The molecule has 4 aromatic rings. The van der Waals surface area contributed by atoms with Gasteiger partial charge in [-0.2, -0.15) is 0 Å². The molecule has 1 aliphatic heterocycles. The molecule has 194 valence electrons. The van der Waals surface area contributed by atoms with Crippen LogP contribution in [0.4, 0.5) is 10.5 Å². The number of anilines is 1. The highest BCUT2D eigenvalue weighted by molar-refractivity contribution is 6.43. The Kier molecular flexibility index (Phi) is 8.20. The first-order valence-corrected chi connectivity index (χ1v) is 13.6. The maximum atomic E-state index is 13.5. The number of para-hydroxylation sites is 1. The van der Waals surface area contributed by atoms with Crippen LogP contribution in [0.2, 0.25) is 10.0 Å². The fourth-order valence-electron chi connectivity index (χ4n) is 5.12. The number of nitrogens with zero attached hydrogens (tertiary/aromatic N) is 3. The third-order valence-electron chi connectivity index (χ3n) is 7.01. The fraction of sp³-hybridized carbons (Fsp3) is 0.345. The van der Waals surface area contributed by atoms with Crippen LogP contribution in [0.25, 0.3) is 21.8 Å². The lowest BCUT2D eigenvalue weighted by Gasteiger charge is -2.28. The molecule has 1 N–H and O–H groups in total. The second-order valence-corrected chi connectivity index (χ2v) is 10.2. The van der Waals surface area contributed by atoms with Crippen LogP contribution in [-0.4, -0.2) is 59.8 Å². The summed E-state index contributed by atoms with van der Waals surface area (Å²) in [4.78, 5) is 17.7. The number of carbonyl (C=O) groups excluding carboxylic acids is 1. The van der Waals surface area contributed by atoms with Crippen LogP contribution in [0.15, 0.2) is 60.7 Å². The van der Waals surface area contributed by atoms with Crippen molar-refractivity contribution >= 4 is 56.7 Å². The van der Waals surface area contributed by atoms with Crippen molar-refractivity contribution < 1.29 is 9.53 Å². The maximum absolute atomic E-state index is 13.5. The van der Waals surface area contributed by atoms with Crippen molar-refractivity contribution in [2.45, 2.75) is 26.4 Å². The number of carbonyl (C=O) groups is 1. The van der Waals surface area contributed by atoms with Crippen molar-refractivity contribution in [3.63, 3.8) is 0 Å². The molecule has 3 aromatic carbocycles. The maximum Gasteiger partial charge on any atom is 0.322 e. The molecule has 2 heterocycles. The molecule has 1 saturated heterocycles. The van der Waals surface area contributed by atoms with Gasteiger partial charge in [0.15, 0.2) is 0 Å². The highest BCUT2D eigenvalue weighted by Crippen LogP contribution is 2.31. The molecule has 0 atom stereocenters. The molecule has 1 fully saturated rings. The van der Waals surface area contributed by atoms with Crippen LogP contribution in [0.5, 0.6) is 0 Å². The van der Waals surface area contributed by atoms with Gasteiger partial charge >= 0.3 is 6.03 Å². The average Bonchev–Trinajstić information content (AvgIpc) is 3.24. The largest absolute Gasteiger partial charge is 0.379 e. The van der Waals surface area contributed by atoms with Crippen molar-refractivity contribution in [3.05, 3.63) is 76.3 Å². The Balaban J connectivity index is 1.39. The lowest BCUT2D eigenvalue weighted by atomic mass is 10.1. The summed E-state index contributed by atoms with van der Waals surface area (Å²) in [5.41, 5.74) is 4.04. The fourth-order valence-corrected chi connectivity index (χ4v) is 5.46. The third kappa shape index (κ3) is 5.73. The molecule has 2 amide bonds. The smallest absolute Gasteiger partial charge is 0.322 e. The Morgan fingerprint density at radius 3 is 2.59 bits per heavy atom. The number of benzene rings is 3. The molecule has 0 spiro atoms. The number of hydrogen-bond donors (Lipinski definition) is 1. The van der Waals surface area contributed by atoms with E-state index in [0.717, 1.165) is 51.4 Å². The Bertz CT molecular complexity index is 1400. The zero-order valence-corrected chi connectivity index (χ0v) is 22.6. The summed E-state index contributed by atoms with van der Waals surface area (Å²) in [7, 11) is 0. The molecule has 5 rings (SSSR count). The molecule has 0 aliphatic carbocycles. The number of aryl methyl sites for hydroxylation is 1. The topological polar surface area (TPSA) is 49.7 Å². The predicted molar refractivity (Wildman–Crippen MR) is 153 cm³/mol. The van der Waals surface area contributed by atoms with E-state index in [-0.39, 0.29) is 6.03 Å². The number of aromatic nitrogens is 1. The van der Waals surface area contributed by atoms with Gasteiger partial charge in [0.2, 0.25) is 0 Å². The van der Waals surface area contributed by atoms with E-state index < -0.39 is 0 Å². The van der Waals surface area contributed by atoms with Crippen molar-refractivity contribution in [2.75, 3.05) is 44.7 Å². The van der Waals surface area contributed by atoms with Gasteiger partial charge in [0.05, 0.1) is 28.9 Å². The van der Waals surface area contributed by atoms with Gasteiger partial charge in [-0.1, -0.05) is 53.5 Å². The zero-order chi connectivity index (χ0) is 25.8. The highest BCUT2D eigenvalue weighted by atomic mass is 35.5. The quantitative estimate of drug-likeness (QED) is 0.266. The first-order valence-electron chi connectivity index (χ1n) is 12.8. The Hall–Kier alpha value is -2.77. The van der Waals surface area contributed by atoms with E-state index in [1.54, 1.807) is 18.2 Å². The second kappa shape index (κ2) is 11.7. The summed E-state index contributed by atoms with van der Waals surface area (Å²) >= 11 is 12.5. The van der Waals surface area contributed by atoms with E-state index in [2.05, 4.69) is 64.2 Å². The van der Waals surface area contributed by atoms with Gasteiger partial charge in [0.25, 0.3) is 0 Å². The number of nitrogens with one attached hydrogen (secondary N) is 1. The van der Waals surface area contributed by atoms with Crippen LogP contribution in [-0.2, 0) is 17.8 Å². The van der Waals surface area contributed by atoms with Crippen molar-refractivity contribution in [1.82, 2.24) is 14.4 Å². The molecule has 0 saturated carbocycles. The number of hydrogen-bond acceptors (Lipinski definition) is 3. The first-order chi connectivity index (χ1) is 18.0. The highest BCUT2D eigenvalue weighted by Gasteiger charge is 2.19. The third-order valence-corrected chi connectivity index (χ3v) is 7.83. The summed E-state index contributed by atoms with van der Waals surface area (Å²) in [6.07, 6.45) is 0.869. The number of urea groups is 1. The van der Waals surface area contributed by atoms with Gasteiger partial charge in [0, 0.05) is 61.1 Å². The van der Waals surface area contributed by atoms with Crippen LogP contribution < -0.4 is 5.32 Å². The van der Waals surface area contributed by atoms with E-state index in [0.29, 0.717) is 28.8 Å². The van der Waals surface area contributed by atoms with Gasteiger partial charge in [-0.25, -0.2) is 4.79 Å². The van der Waals surface area contributed by atoms with Gasteiger partial charge in [0.1, 0.15) is 0 Å². The normalized spacial score (nSPS) is 14.4. The standard InChI is InChI=1S/C29H32Cl2N4O2/c1-2-35-26-10-4-3-7-22(26)23-19-21(11-12-27(23)35)20-34(14-6-13-33-15-17-37-18-16-33)29(36)32-25-9-5-8-24(30)28(25)31/h3-5,7-12,19H,2,6,13-18,20H2,1H3,(H,32,36). The summed E-state index contributed by atoms with van der Waals surface area (Å²) in [6, 6.07) is 20.1. The monoisotopic (exact) mass is 538 g/mol. The average molecular weight is 540 g/mol. The van der Waals surface area contributed by atoms with Gasteiger partial charge in [-0.05, 0) is 49.2 Å². The number of morpholine rings is 1. The number of ether oxygens (including phenoxy) is 1. The molecule has 8 heteroatoms. The molecule has 6 nitrogen and oxygen atoms in total. The molecule has 1 aromatic heterocycles. The number of amides is 2. The van der Waals surface area contributed by atoms with E-state index in [9.17, 15) is 4.79 Å². The summed E-state index contributed by atoms with van der Waals surface area (Å²) in [6.45, 7) is 8.51. The number of fused-ring (bicyclic) bond motifs is 3. The number of halogens is 2. The SMILES string of the molecule is CCn1c2ccccc2c2cc(CN(CCCN3CCOCC3)C(=O)Nc3cccc(Cl)c3Cl)ccc21. The minimum absolute atomic E-state index is 0.192. The lowest BCUT2D eigenvalue weighted by molar-refractivity contribution is 0.0365. The summed E-state index contributed by atoms with van der Waals surface area (Å²) in [5, 5.41) is 6.17. The molecule has 37 heavy (non-hydrogen) atoms. The first kappa shape index (κ1) is 25.9. The summed E-state index contributed by atoms with van der Waals surface area (Å²) in [5.74, 6) is 0. The lowest BCUT2D eigenvalue weighted by Crippen LogP contribution is -2.40. The molecule has 0 unspecified atom stereocenters. The van der Waals surface area contributed by atoms with Crippen LogP contribution in [0.1, 0.15) is 18.9 Å². The Morgan fingerprint density at radius 2 is 1.78 bits per heavy atom. The van der Waals surface area contributed by atoms with Crippen molar-refractivity contribution in [3.8, 4) is 0 Å². The van der Waals surface area contributed by atoms with E-state index >= 15 is 0 Å². The molecule has 0 bridgehead atoms. The van der Waals surface area contributed by atoms with E-state index in [1.807, 2.05) is 4.90 Å². The second-order valence-electron chi connectivity index (χ2n) is 9.37.